The predicted molar refractivity (Wildman–Crippen MR) is 91.4 cm³/mol. The largest absolute Gasteiger partial charge is 0.384 e. The Labute approximate surface area is 130 Å². The van der Waals surface area contributed by atoms with Gasteiger partial charge in [-0.1, -0.05) is 25.1 Å². The van der Waals surface area contributed by atoms with Gasteiger partial charge in [-0.15, -0.1) is 11.8 Å². The van der Waals surface area contributed by atoms with Crippen molar-refractivity contribution in [1.82, 2.24) is 0 Å². The molecule has 2 N–H and O–H groups in total. The Balaban J connectivity index is 2.16. The molecule has 0 aliphatic carbocycles. The Kier molecular flexibility index (Phi) is 5.69. The molecule has 0 aromatic heterocycles. The Morgan fingerprint density at radius 1 is 1.14 bits per heavy atom. The van der Waals surface area contributed by atoms with E-state index in [1.807, 2.05) is 54.8 Å². The highest BCUT2D eigenvalue weighted by Gasteiger charge is 2.10. The summed E-state index contributed by atoms with van der Waals surface area (Å²) in [5, 5.41) is 6.24. The maximum atomic E-state index is 12.4. The lowest BCUT2D eigenvalue weighted by atomic mass is 10.1. The summed E-state index contributed by atoms with van der Waals surface area (Å²) < 4.78 is 0. The fourth-order valence-electron chi connectivity index (χ4n) is 1.99. The van der Waals surface area contributed by atoms with Crippen LogP contribution in [0.2, 0.25) is 0 Å². The summed E-state index contributed by atoms with van der Waals surface area (Å²) in [7, 11) is 0. The molecule has 0 atom stereocenters. The lowest BCUT2D eigenvalue weighted by molar-refractivity contribution is 0.102. The number of carbonyl (C=O) groups is 1. The SMILES string of the molecule is CCCNc1ccccc1C(=O)Nc1cccc(SC)c1. The predicted octanol–water partition coefficient (Wildman–Crippen LogP) is 4.48. The summed E-state index contributed by atoms with van der Waals surface area (Å²) in [4.78, 5) is 13.6. The number of hydrogen-bond donors (Lipinski definition) is 2. The average Bonchev–Trinajstić information content (AvgIpc) is 2.53. The summed E-state index contributed by atoms with van der Waals surface area (Å²) in [5.41, 5.74) is 2.36. The Bertz CT molecular complexity index is 613. The lowest BCUT2D eigenvalue weighted by Gasteiger charge is -2.12. The van der Waals surface area contributed by atoms with Gasteiger partial charge < -0.3 is 10.6 Å². The van der Waals surface area contributed by atoms with Crippen LogP contribution in [0.3, 0.4) is 0 Å². The molecule has 2 aromatic carbocycles. The Morgan fingerprint density at radius 3 is 2.71 bits per heavy atom. The van der Waals surface area contributed by atoms with Crippen LogP contribution in [0.4, 0.5) is 11.4 Å². The minimum atomic E-state index is -0.0903. The number of nitrogens with one attached hydrogen (secondary N) is 2. The molecule has 110 valence electrons. The standard InChI is InChI=1S/C17H20N2OS/c1-3-11-18-16-10-5-4-9-15(16)17(20)19-13-7-6-8-14(12-13)21-2/h4-10,12,18H,3,11H2,1-2H3,(H,19,20). The van der Waals surface area contributed by atoms with Gasteiger partial charge >= 0.3 is 0 Å². The van der Waals surface area contributed by atoms with Gasteiger partial charge in [-0.3, -0.25) is 4.79 Å². The van der Waals surface area contributed by atoms with Gasteiger partial charge in [-0.2, -0.15) is 0 Å². The van der Waals surface area contributed by atoms with E-state index in [4.69, 9.17) is 0 Å². The van der Waals surface area contributed by atoms with E-state index in [1.165, 1.54) is 0 Å². The summed E-state index contributed by atoms with van der Waals surface area (Å²) in [6.45, 7) is 2.95. The molecule has 0 aliphatic heterocycles. The third kappa shape index (κ3) is 4.26. The molecule has 2 rings (SSSR count). The van der Waals surface area contributed by atoms with E-state index in [0.717, 1.165) is 29.2 Å². The normalized spacial score (nSPS) is 10.2. The van der Waals surface area contributed by atoms with Crippen molar-refractivity contribution in [2.45, 2.75) is 18.2 Å². The second kappa shape index (κ2) is 7.74. The van der Waals surface area contributed by atoms with Gasteiger partial charge in [0.05, 0.1) is 5.56 Å². The highest BCUT2D eigenvalue weighted by molar-refractivity contribution is 7.98. The zero-order chi connectivity index (χ0) is 15.1. The molecule has 1 amide bonds. The number of hydrogen-bond acceptors (Lipinski definition) is 3. The van der Waals surface area contributed by atoms with Crippen molar-refractivity contribution in [2.75, 3.05) is 23.4 Å². The van der Waals surface area contributed by atoms with Gasteiger partial charge in [-0.25, -0.2) is 0 Å². The lowest BCUT2D eigenvalue weighted by Crippen LogP contribution is -2.15. The van der Waals surface area contributed by atoms with Gasteiger partial charge in [0.15, 0.2) is 0 Å². The second-order valence-electron chi connectivity index (χ2n) is 4.66. The molecule has 0 radical (unpaired) electrons. The highest BCUT2D eigenvalue weighted by Crippen LogP contribution is 2.21. The molecular weight excluding hydrogens is 280 g/mol. The van der Waals surface area contributed by atoms with Crippen molar-refractivity contribution in [1.29, 1.82) is 0 Å². The number of thioether (sulfide) groups is 1. The monoisotopic (exact) mass is 300 g/mol. The number of anilines is 2. The highest BCUT2D eigenvalue weighted by atomic mass is 32.2. The average molecular weight is 300 g/mol. The minimum Gasteiger partial charge on any atom is -0.384 e. The maximum absolute atomic E-state index is 12.4. The van der Waals surface area contributed by atoms with E-state index >= 15 is 0 Å². The molecule has 0 saturated heterocycles. The van der Waals surface area contributed by atoms with Crippen LogP contribution in [0.1, 0.15) is 23.7 Å². The number of benzene rings is 2. The topological polar surface area (TPSA) is 41.1 Å². The van der Waals surface area contributed by atoms with E-state index < -0.39 is 0 Å². The van der Waals surface area contributed by atoms with Crippen LogP contribution in [0.15, 0.2) is 53.4 Å². The van der Waals surface area contributed by atoms with Crippen molar-refractivity contribution in [3.63, 3.8) is 0 Å². The van der Waals surface area contributed by atoms with E-state index in [9.17, 15) is 4.79 Å². The summed E-state index contributed by atoms with van der Waals surface area (Å²) >= 11 is 1.66. The zero-order valence-corrected chi connectivity index (χ0v) is 13.2. The smallest absolute Gasteiger partial charge is 0.257 e. The van der Waals surface area contributed by atoms with Gasteiger partial charge in [0.25, 0.3) is 5.91 Å². The van der Waals surface area contributed by atoms with Gasteiger partial charge in [0.1, 0.15) is 0 Å². The molecule has 0 aliphatic rings. The minimum absolute atomic E-state index is 0.0903. The molecule has 3 nitrogen and oxygen atoms in total. The van der Waals surface area contributed by atoms with Crippen LogP contribution in [0, 0.1) is 0 Å². The quantitative estimate of drug-likeness (QED) is 0.773. The summed E-state index contributed by atoms with van der Waals surface area (Å²) in [6.07, 6.45) is 3.04. The van der Waals surface area contributed by atoms with Crippen LogP contribution < -0.4 is 10.6 Å². The third-order valence-electron chi connectivity index (χ3n) is 3.06. The van der Waals surface area contributed by atoms with E-state index in [0.29, 0.717) is 5.56 Å². The van der Waals surface area contributed by atoms with Crippen LogP contribution in [0.25, 0.3) is 0 Å². The van der Waals surface area contributed by atoms with E-state index in [1.54, 1.807) is 11.8 Å². The first kappa shape index (κ1) is 15.4. The first-order valence-corrected chi connectivity index (χ1v) is 8.25. The Hall–Kier alpha value is -1.94. The first-order valence-electron chi connectivity index (χ1n) is 7.03. The number of amides is 1. The molecule has 0 fully saturated rings. The van der Waals surface area contributed by atoms with Crippen molar-refractivity contribution in [2.24, 2.45) is 0 Å². The summed E-state index contributed by atoms with van der Waals surface area (Å²) in [5.74, 6) is -0.0903. The van der Waals surface area contributed by atoms with Gasteiger partial charge in [0.2, 0.25) is 0 Å². The van der Waals surface area contributed by atoms with Gasteiger partial charge in [-0.05, 0) is 43.0 Å². The van der Waals surface area contributed by atoms with Crippen LogP contribution in [0.5, 0.6) is 0 Å². The molecular formula is C17H20N2OS. The van der Waals surface area contributed by atoms with Crippen molar-refractivity contribution in [3.05, 3.63) is 54.1 Å². The Morgan fingerprint density at radius 2 is 1.95 bits per heavy atom. The van der Waals surface area contributed by atoms with E-state index in [-0.39, 0.29) is 5.91 Å². The molecule has 2 aromatic rings. The molecule has 0 unspecified atom stereocenters. The van der Waals surface area contributed by atoms with Crippen LogP contribution in [-0.2, 0) is 0 Å². The summed E-state index contributed by atoms with van der Waals surface area (Å²) in [6, 6.07) is 15.4. The number of rotatable bonds is 6. The van der Waals surface area contributed by atoms with Crippen molar-refractivity contribution < 1.29 is 4.79 Å². The first-order chi connectivity index (χ1) is 10.2. The zero-order valence-electron chi connectivity index (χ0n) is 12.3. The molecule has 4 heteroatoms. The molecule has 0 spiro atoms. The van der Waals surface area contributed by atoms with Crippen molar-refractivity contribution >= 4 is 29.0 Å². The number of para-hydroxylation sites is 1. The van der Waals surface area contributed by atoms with Crippen LogP contribution >= 0.6 is 11.8 Å². The fourth-order valence-corrected chi connectivity index (χ4v) is 2.45. The maximum Gasteiger partial charge on any atom is 0.257 e. The molecule has 0 heterocycles. The molecule has 0 saturated carbocycles. The second-order valence-corrected chi connectivity index (χ2v) is 5.54. The fraction of sp³-hybridized carbons (Fsp3) is 0.235. The van der Waals surface area contributed by atoms with Crippen molar-refractivity contribution in [3.8, 4) is 0 Å². The van der Waals surface area contributed by atoms with E-state index in [2.05, 4.69) is 17.6 Å². The molecule has 0 bridgehead atoms. The number of carbonyl (C=O) groups excluding carboxylic acids is 1. The van der Waals surface area contributed by atoms with Crippen LogP contribution in [-0.4, -0.2) is 18.7 Å². The van der Waals surface area contributed by atoms with Gasteiger partial charge in [0, 0.05) is 22.8 Å². The third-order valence-corrected chi connectivity index (χ3v) is 3.79. The molecule has 21 heavy (non-hydrogen) atoms.